The van der Waals surface area contributed by atoms with Gasteiger partial charge in [0.1, 0.15) is 30.4 Å². The Morgan fingerprint density at radius 3 is 2.44 bits per heavy atom. The Morgan fingerprint density at radius 1 is 1.16 bits per heavy atom. The van der Waals surface area contributed by atoms with Crippen molar-refractivity contribution in [3.63, 3.8) is 0 Å². The summed E-state index contributed by atoms with van der Waals surface area (Å²) in [5, 5.41) is 18.8. The number of hydrogen-bond donors (Lipinski definition) is 1. The van der Waals surface area contributed by atoms with E-state index in [9.17, 15) is 4.79 Å². The number of amides is 1. The number of aromatic nitrogens is 3. The topological polar surface area (TPSA) is 92.8 Å². The standard InChI is InChI=1S/C18H15N5O2/c1-13-2-6-15(7-3-13)25-16-8-4-14(5-9-16)21-18(24)11-23-12-20-22-17(23)10-19/h2-9,12H,11H2,1H3,(H,21,24). The molecule has 0 saturated carbocycles. The number of nitrogens with zero attached hydrogens (tertiary/aromatic N) is 4. The van der Waals surface area contributed by atoms with Crippen molar-refractivity contribution in [1.29, 1.82) is 5.26 Å². The quantitative estimate of drug-likeness (QED) is 0.775. The SMILES string of the molecule is Cc1ccc(Oc2ccc(NC(=O)Cn3cnnc3C#N)cc2)cc1. The number of ether oxygens (including phenoxy) is 1. The van der Waals surface area contributed by atoms with Crippen LogP contribution in [0.1, 0.15) is 11.4 Å². The molecule has 7 nitrogen and oxygen atoms in total. The summed E-state index contributed by atoms with van der Waals surface area (Å²) >= 11 is 0. The van der Waals surface area contributed by atoms with E-state index in [1.807, 2.05) is 37.3 Å². The van der Waals surface area contributed by atoms with E-state index >= 15 is 0 Å². The lowest BCUT2D eigenvalue weighted by molar-refractivity contribution is -0.116. The van der Waals surface area contributed by atoms with Crippen LogP contribution in [0, 0.1) is 18.3 Å². The number of rotatable bonds is 5. The molecule has 0 saturated heterocycles. The second kappa shape index (κ2) is 7.27. The van der Waals surface area contributed by atoms with Crippen molar-refractivity contribution in [2.24, 2.45) is 0 Å². The van der Waals surface area contributed by atoms with E-state index in [0.717, 1.165) is 11.3 Å². The van der Waals surface area contributed by atoms with Crippen LogP contribution in [-0.2, 0) is 11.3 Å². The first-order valence-electron chi connectivity index (χ1n) is 7.56. The van der Waals surface area contributed by atoms with Crippen molar-refractivity contribution in [3.8, 4) is 17.6 Å². The average molecular weight is 333 g/mol. The van der Waals surface area contributed by atoms with Gasteiger partial charge in [-0.25, -0.2) is 0 Å². The van der Waals surface area contributed by atoms with Crippen molar-refractivity contribution in [2.75, 3.05) is 5.32 Å². The van der Waals surface area contributed by atoms with Gasteiger partial charge < -0.3 is 10.1 Å². The summed E-state index contributed by atoms with van der Waals surface area (Å²) in [6.45, 7) is 1.98. The molecule has 0 aliphatic rings. The van der Waals surface area contributed by atoms with E-state index in [1.165, 1.54) is 10.9 Å². The highest BCUT2D eigenvalue weighted by Gasteiger charge is 2.08. The Morgan fingerprint density at radius 2 is 1.80 bits per heavy atom. The Bertz CT molecular complexity index is 908. The second-order valence-electron chi connectivity index (χ2n) is 5.38. The minimum Gasteiger partial charge on any atom is -0.457 e. The van der Waals surface area contributed by atoms with E-state index in [4.69, 9.17) is 10.00 Å². The summed E-state index contributed by atoms with van der Waals surface area (Å²) in [5.41, 5.74) is 1.80. The lowest BCUT2D eigenvalue weighted by Crippen LogP contribution is -2.19. The largest absolute Gasteiger partial charge is 0.457 e. The van der Waals surface area contributed by atoms with Gasteiger partial charge in [-0.05, 0) is 43.3 Å². The molecule has 25 heavy (non-hydrogen) atoms. The maximum absolute atomic E-state index is 12.0. The van der Waals surface area contributed by atoms with Gasteiger partial charge in [-0.2, -0.15) is 5.26 Å². The summed E-state index contributed by atoms with van der Waals surface area (Å²) in [4.78, 5) is 12.0. The molecule has 1 N–H and O–H groups in total. The van der Waals surface area contributed by atoms with Crippen molar-refractivity contribution in [3.05, 3.63) is 66.2 Å². The highest BCUT2D eigenvalue weighted by Crippen LogP contribution is 2.23. The Hall–Kier alpha value is -3.66. The lowest BCUT2D eigenvalue weighted by atomic mass is 10.2. The summed E-state index contributed by atoms with van der Waals surface area (Å²) in [6, 6.07) is 16.7. The van der Waals surface area contributed by atoms with Gasteiger partial charge in [0.25, 0.3) is 0 Å². The monoisotopic (exact) mass is 333 g/mol. The fourth-order valence-electron chi connectivity index (χ4n) is 2.16. The molecule has 0 unspecified atom stereocenters. The Labute approximate surface area is 144 Å². The molecule has 0 bridgehead atoms. The number of carbonyl (C=O) groups excluding carboxylic acids is 1. The van der Waals surface area contributed by atoms with Crippen molar-refractivity contribution < 1.29 is 9.53 Å². The molecule has 124 valence electrons. The van der Waals surface area contributed by atoms with Gasteiger partial charge in [-0.3, -0.25) is 9.36 Å². The first-order valence-corrected chi connectivity index (χ1v) is 7.56. The van der Waals surface area contributed by atoms with E-state index in [-0.39, 0.29) is 18.3 Å². The Kier molecular flexibility index (Phi) is 4.72. The van der Waals surface area contributed by atoms with Gasteiger partial charge in [-0.15, -0.1) is 10.2 Å². The normalized spacial score (nSPS) is 10.1. The van der Waals surface area contributed by atoms with Crippen LogP contribution >= 0.6 is 0 Å². The van der Waals surface area contributed by atoms with E-state index in [2.05, 4.69) is 15.5 Å². The summed E-state index contributed by atoms with van der Waals surface area (Å²) < 4.78 is 7.12. The van der Waals surface area contributed by atoms with Gasteiger partial charge >= 0.3 is 0 Å². The third kappa shape index (κ3) is 4.20. The molecular weight excluding hydrogens is 318 g/mol. The average Bonchev–Trinajstić information content (AvgIpc) is 3.05. The smallest absolute Gasteiger partial charge is 0.244 e. The van der Waals surface area contributed by atoms with Gasteiger partial charge in [0, 0.05) is 5.69 Å². The molecule has 3 aromatic rings. The first kappa shape index (κ1) is 16.2. The van der Waals surface area contributed by atoms with E-state index < -0.39 is 0 Å². The molecule has 0 atom stereocenters. The molecule has 1 amide bonds. The van der Waals surface area contributed by atoms with Gasteiger partial charge in [0.15, 0.2) is 0 Å². The zero-order valence-corrected chi connectivity index (χ0v) is 13.5. The first-order chi connectivity index (χ1) is 12.1. The number of hydrogen-bond acceptors (Lipinski definition) is 5. The number of benzene rings is 2. The molecule has 0 aliphatic carbocycles. The second-order valence-corrected chi connectivity index (χ2v) is 5.38. The minimum absolute atomic E-state index is 0.0302. The maximum Gasteiger partial charge on any atom is 0.244 e. The molecule has 0 spiro atoms. The highest BCUT2D eigenvalue weighted by molar-refractivity contribution is 5.90. The predicted octanol–water partition coefficient (Wildman–Crippen LogP) is 2.89. The molecule has 0 fully saturated rings. The summed E-state index contributed by atoms with van der Waals surface area (Å²) in [6.07, 6.45) is 1.34. The predicted molar refractivity (Wildman–Crippen MR) is 91.1 cm³/mol. The molecule has 7 heteroatoms. The zero-order chi connectivity index (χ0) is 17.6. The van der Waals surface area contributed by atoms with Crippen LogP contribution in [0.4, 0.5) is 5.69 Å². The van der Waals surface area contributed by atoms with E-state index in [0.29, 0.717) is 11.4 Å². The van der Waals surface area contributed by atoms with Crippen LogP contribution in [0.3, 0.4) is 0 Å². The number of nitrogens with one attached hydrogen (secondary N) is 1. The fourth-order valence-corrected chi connectivity index (χ4v) is 2.16. The maximum atomic E-state index is 12.0. The van der Waals surface area contributed by atoms with Crippen LogP contribution in [0.2, 0.25) is 0 Å². The number of nitriles is 1. The fraction of sp³-hybridized carbons (Fsp3) is 0.111. The number of anilines is 1. The van der Waals surface area contributed by atoms with Gasteiger partial charge in [0.2, 0.25) is 11.7 Å². The van der Waals surface area contributed by atoms with E-state index in [1.54, 1.807) is 24.3 Å². The van der Waals surface area contributed by atoms with Crippen molar-refractivity contribution in [1.82, 2.24) is 14.8 Å². The number of aryl methyl sites for hydroxylation is 1. The molecule has 3 rings (SSSR count). The molecule has 2 aromatic carbocycles. The van der Waals surface area contributed by atoms with Crippen molar-refractivity contribution in [2.45, 2.75) is 13.5 Å². The third-order valence-electron chi connectivity index (χ3n) is 3.42. The lowest BCUT2D eigenvalue weighted by Gasteiger charge is -2.08. The number of carbonyl (C=O) groups is 1. The molecular formula is C18H15N5O2. The van der Waals surface area contributed by atoms with Crippen LogP contribution in [-0.4, -0.2) is 20.7 Å². The van der Waals surface area contributed by atoms with Crippen molar-refractivity contribution >= 4 is 11.6 Å². The third-order valence-corrected chi connectivity index (χ3v) is 3.42. The Balaban J connectivity index is 1.59. The van der Waals surface area contributed by atoms with Crippen LogP contribution in [0.15, 0.2) is 54.9 Å². The van der Waals surface area contributed by atoms with Crippen LogP contribution in [0.5, 0.6) is 11.5 Å². The summed E-state index contributed by atoms with van der Waals surface area (Å²) in [7, 11) is 0. The zero-order valence-electron chi connectivity index (χ0n) is 13.5. The minimum atomic E-state index is -0.275. The molecule has 1 aromatic heterocycles. The summed E-state index contributed by atoms with van der Waals surface area (Å²) in [5.74, 6) is 1.24. The van der Waals surface area contributed by atoms with Gasteiger partial charge in [-0.1, -0.05) is 17.7 Å². The van der Waals surface area contributed by atoms with Gasteiger partial charge in [0.05, 0.1) is 0 Å². The van der Waals surface area contributed by atoms with Crippen LogP contribution < -0.4 is 10.1 Å². The molecule has 0 aliphatic heterocycles. The molecule has 0 radical (unpaired) electrons. The molecule has 1 heterocycles. The highest BCUT2D eigenvalue weighted by atomic mass is 16.5. The van der Waals surface area contributed by atoms with Crippen LogP contribution in [0.25, 0.3) is 0 Å².